The summed E-state index contributed by atoms with van der Waals surface area (Å²) in [6.07, 6.45) is 0. The summed E-state index contributed by atoms with van der Waals surface area (Å²) in [7, 11) is -2.03. The lowest BCUT2D eigenvalue weighted by atomic mass is 10.2. The summed E-state index contributed by atoms with van der Waals surface area (Å²) in [4.78, 5) is 0. The van der Waals surface area contributed by atoms with Gasteiger partial charge in [0.25, 0.3) is 0 Å². The average molecular weight is 289 g/mol. The van der Waals surface area contributed by atoms with E-state index in [0.717, 1.165) is 6.61 Å². The number of hydrogen-bond donors (Lipinski definition) is 0. The van der Waals surface area contributed by atoms with Crippen molar-refractivity contribution < 1.29 is 9.16 Å². The molecule has 0 N–H and O–H groups in total. The largest absolute Gasteiger partial charge is 0.413 e. The van der Waals surface area contributed by atoms with Gasteiger partial charge in [0.2, 0.25) is 8.32 Å². The van der Waals surface area contributed by atoms with Crippen molar-refractivity contribution in [3.8, 4) is 0 Å². The van der Waals surface area contributed by atoms with Gasteiger partial charge in [-0.05, 0) is 22.0 Å². The molecule has 0 atom stereocenters. The van der Waals surface area contributed by atoms with Gasteiger partial charge in [-0.2, -0.15) is 0 Å². The van der Waals surface area contributed by atoms with Gasteiger partial charge in [-0.1, -0.05) is 62.3 Å². The van der Waals surface area contributed by atoms with E-state index in [1.165, 1.54) is 0 Å². The molecule has 19 heavy (non-hydrogen) atoms. The van der Waals surface area contributed by atoms with E-state index in [1.807, 2.05) is 6.92 Å². The van der Waals surface area contributed by atoms with Crippen LogP contribution in [0.2, 0.25) is 15.1 Å². The molecule has 0 radical (unpaired) electrons. The molecule has 0 aliphatic carbocycles. The van der Waals surface area contributed by atoms with Crippen molar-refractivity contribution in [1.82, 2.24) is 0 Å². The standard InChI is InChI=1S/C16H36O2Si/c1-11-17-12-13-18-19(14(2,3)4,15(5,6)7)16(8,9)10/h11-13H2,1-10H3. The molecule has 0 saturated heterocycles. The molecular formula is C16H36O2Si. The molecule has 0 unspecified atom stereocenters. The van der Waals surface area contributed by atoms with Crippen molar-refractivity contribution >= 4 is 8.32 Å². The van der Waals surface area contributed by atoms with Crippen LogP contribution in [0.15, 0.2) is 0 Å². The number of ether oxygens (including phenoxy) is 1. The van der Waals surface area contributed by atoms with Crippen LogP contribution in [0.5, 0.6) is 0 Å². The fourth-order valence-corrected chi connectivity index (χ4v) is 12.9. The topological polar surface area (TPSA) is 18.5 Å². The fraction of sp³-hybridized carbons (Fsp3) is 1.00. The maximum atomic E-state index is 6.64. The van der Waals surface area contributed by atoms with E-state index in [1.54, 1.807) is 0 Å². The van der Waals surface area contributed by atoms with E-state index in [2.05, 4.69) is 62.3 Å². The van der Waals surface area contributed by atoms with Gasteiger partial charge in [0.05, 0.1) is 13.2 Å². The van der Waals surface area contributed by atoms with Gasteiger partial charge < -0.3 is 9.16 Å². The van der Waals surface area contributed by atoms with Gasteiger partial charge >= 0.3 is 0 Å². The quantitative estimate of drug-likeness (QED) is 0.499. The van der Waals surface area contributed by atoms with Crippen molar-refractivity contribution in [3.63, 3.8) is 0 Å². The van der Waals surface area contributed by atoms with Crippen LogP contribution in [-0.4, -0.2) is 28.1 Å². The molecule has 0 rings (SSSR count). The van der Waals surface area contributed by atoms with E-state index < -0.39 is 8.32 Å². The third-order valence-corrected chi connectivity index (χ3v) is 10.9. The van der Waals surface area contributed by atoms with Crippen molar-refractivity contribution in [2.75, 3.05) is 19.8 Å². The SMILES string of the molecule is CCOCCO[Si](C(C)(C)C)(C(C)(C)C)C(C)(C)C. The zero-order chi connectivity index (χ0) is 15.5. The van der Waals surface area contributed by atoms with Crippen LogP contribution in [-0.2, 0) is 9.16 Å². The Balaban J connectivity index is 5.44. The third kappa shape index (κ3) is 4.05. The van der Waals surface area contributed by atoms with Crippen LogP contribution >= 0.6 is 0 Å². The highest BCUT2D eigenvalue weighted by Crippen LogP contribution is 2.62. The molecule has 116 valence electrons. The molecule has 0 heterocycles. The molecule has 0 aromatic carbocycles. The van der Waals surface area contributed by atoms with Gasteiger partial charge in [0, 0.05) is 6.61 Å². The zero-order valence-corrected chi connectivity index (χ0v) is 15.9. The minimum absolute atomic E-state index is 0.190. The zero-order valence-electron chi connectivity index (χ0n) is 14.9. The van der Waals surface area contributed by atoms with Gasteiger partial charge in [-0.25, -0.2) is 0 Å². The van der Waals surface area contributed by atoms with Crippen LogP contribution in [0.3, 0.4) is 0 Å². The minimum Gasteiger partial charge on any atom is -0.413 e. The van der Waals surface area contributed by atoms with Gasteiger partial charge in [-0.15, -0.1) is 0 Å². The van der Waals surface area contributed by atoms with Gasteiger partial charge in [-0.3, -0.25) is 0 Å². The van der Waals surface area contributed by atoms with E-state index in [9.17, 15) is 0 Å². The predicted octanol–water partition coefficient (Wildman–Crippen LogP) is 5.39. The lowest BCUT2D eigenvalue weighted by Gasteiger charge is -2.57. The molecule has 0 saturated carbocycles. The van der Waals surface area contributed by atoms with E-state index >= 15 is 0 Å². The van der Waals surface area contributed by atoms with Gasteiger partial charge in [0.15, 0.2) is 0 Å². The Hall–Kier alpha value is 0.137. The van der Waals surface area contributed by atoms with Crippen molar-refractivity contribution in [3.05, 3.63) is 0 Å². The molecule has 3 heteroatoms. The van der Waals surface area contributed by atoms with Crippen LogP contribution in [0.25, 0.3) is 0 Å². The molecule has 0 aromatic heterocycles. The monoisotopic (exact) mass is 288 g/mol. The Morgan fingerprint density at radius 3 is 1.32 bits per heavy atom. The smallest absolute Gasteiger partial charge is 0.208 e. The first-order chi connectivity index (χ1) is 8.31. The lowest BCUT2D eigenvalue weighted by molar-refractivity contribution is 0.0965. The second-order valence-corrected chi connectivity index (χ2v) is 14.6. The molecule has 0 amide bonds. The minimum atomic E-state index is -2.03. The van der Waals surface area contributed by atoms with Crippen LogP contribution < -0.4 is 0 Å². The second-order valence-electron chi connectivity index (χ2n) is 8.48. The Bertz CT molecular complexity index is 230. The number of hydrogen-bond acceptors (Lipinski definition) is 2. The summed E-state index contributed by atoms with van der Waals surface area (Å²) in [5.74, 6) is 0. The highest BCUT2D eigenvalue weighted by molar-refractivity contribution is 6.82. The van der Waals surface area contributed by atoms with Crippen LogP contribution in [0.4, 0.5) is 0 Å². The summed E-state index contributed by atoms with van der Waals surface area (Å²) >= 11 is 0. The Labute approximate surface area is 122 Å². The second kappa shape index (κ2) is 6.27. The molecule has 0 bridgehead atoms. The highest BCUT2D eigenvalue weighted by atomic mass is 28.4. The predicted molar refractivity (Wildman–Crippen MR) is 87.3 cm³/mol. The van der Waals surface area contributed by atoms with Crippen molar-refractivity contribution in [1.29, 1.82) is 0 Å². The molecule has 0 aliphatic rings. The Morgan fingerprint density at radius 1 is 0.684 bits per heavy atom. The highest BCUT2D eigenvalue weighted by Gasteiger charge is 2.61. The summed E-state index contributed by atoms with van der Waals surface area (Å²) < 4.78 is 12.1. The average Bonchev–Trinajstić information content (AvgIpc) is 2.10. The third-order valence-electron chi connectivity index (χ3n) is 3.92. The maximum Gasteiger partial charge on any atom is 0.208 e. The molecule has 0 spiro atoms. The summed E-state index contributed by atoms with van der Waals surface area (Å²) in [5.41, 5.74) is 0. The van der Waals surface area contributed by atoms with Crippen molar-refractivity contribution in [2.24, 2.45) is 0 Å². The lowest BCUT2D eigenvalue weighted by Crippen LogP contribution is -2.61. The molecule has 0 aliphatic heterocycles. The molecule has 0 fully saturated rings. The Morgan fingerprint density at radius 2 is 1.05 bits per heavy atom. The number of rotatable bonds is 5. The summed E-state index contributed by atoms with van der Waals surface area (Å²) in [6, 6.07) is 0. The normalized spacial score (nSPS) is 14.8. The summed E-state index contributed by atoms with van der Waals surface area (Å²) in [6.45, 7) is 25.3. The van der Waals surface area contributed by atoms with E-state index in [-0.39, 0.29) is 15.1 Å². The first kappa shape index (κ1) is 19.1. The fourth-order valence-electron chi connectivity index (χ4n) is 4.42. The first-order valence-electron chi connectivity index (χ1n) is 7.53. The van der Waals surface area contributed by atoms with Crippen molar-refractivity contribution in [2.45, 2.75) is 84.4 Å². The van der Waals surface area contributed by atoms with E-state index in [0.29, 0.717) is 13.2 Å². The van der Waals surface area contributed by atoms with E-state index in [4.69, 9.17) is 9.16 Å². The molecule has 2 nitrogen and oxygen atoms in total. The van der Waals surface area contributed by atoms with Crippen LogP contribution in [0, 0.1) is 0 Å². The first-order valence-corrected chi connectivity index (χ1v) is 9.44. The molecular weight excluding hydrogens is 252 g/mol. The maximum absolute atomic E-state index is 6.64. The van der Waals surface area contributed by atoms with Crippen LogP contribution in [0.1, 0.15) is 69.2 Å². The summed E-state index contributed by atoms with van der Waals surface area (Å²) in [5, 5.41) is 0.571. The molecule has 0 aromatic rings. The Kier molecular flexibility index (Phi) is 6.32. The van der Waals surface area contributed by atoms with Gasteiger partial charge in [0.1, 0.15) is 0 Å².